The van der Waals surface area contributed by atoms with E-state index in [2.05, 4.69) is 58.0 Å². The molecule has 1 heterocycles. The van der Waals surface area contributed by atoms with Crippen LogP contribution in [0.5, 0.6) is 0 Å². The van der Waals surface area contributed by atoms with Crippen LogP contribution in [-0.2, 0) is 13.1 Å². The summed E-state index contributed by atoms with van der Waals surface area (Å²) >= 11 is 0.194. The van der Waals surface area contributed by atoms with E-state index >= 15 is 0 Å². The minimum atomic E-state index is 0.194. The number of hydrogen-bond donors (Lipinski definition) is 0. The summed E-state index contributed by atoms with van der Waals surface area (Å²) in [6.45, 7) is 8.41. The first-order valence-corrected chi connectivity index (χ1v) is 14.1. The normalized spacial score (nSPS) is 11.4. The van der Waals surface area contributed by atoms with Gasteiger partial charge in [-0.3, -0.25) is 4.99 Å². The second kappa shape index (κ2) is 13.4. The van der Waals surface area contributed by atoms with Crippen molar-refractivity contribution in [2.24, 2.45) is 9.98 Å². The Morgan fingerprint density at radius 2 is 1.29 bits per heavy atom. The van der Waals surface area contributed by atoms with Crippen LogP contribution in [0.2, 0.25) is 0 Å². The second-order valence-corrected chi connectivity index (χ2v) is 9.84. The SMILES string of the molecule is Cc1cccc(N=Cc2cccc(C(=Nc3cccc(C)c3C)c3ccccc3)n2)c1C.[Cl][Fe][Cl]. The van der Waals surface area contributed by atoms with Crippen molar-refractivity contribution in [1.29, 1.82) is 0 Å². The average molecular weight is 544 g/mol. The molecule has 0 unspecified atom stereocenters. The zero-order valence-electron chi connectivity index (χ0n) is 20.1. The maximum atomic E-state index is 5.05. The van der Waals surface area contributed by atoms with Crippen LogP contribution >= 0.6 is 20.2 Å². The summed E-state index contributed by atoms with van der Waals surface area (Å²) in [7, 11) is 9.53. The van der Waals surface area contributed by atoms with Gasteiger partial charge >= 0.3 is 33.3 Å². The zero-order chi connectivity index (χ0) is 25.2. The summed E-state index contributed by atoms with van der Waals surface area (Å²) in [6.07, 6.45) is 1.83. The van der Waals surface area contributed by atoms with Crippen LogP contribution in [0.25, 0.3) is 0 Å². The molecule has 180 valence electrons. The van der Waals surface area contributed by atoms with Crippen LogP contribution in [0.3, 0.4) is 0 Å². The fourth-order valence-corrected chi connectivity index (χ4v) is 3.51. The molecule has 0 aliphatic carbocycles. The van der Waals surface area contributed by atoms with Crippen molar-refractivity contribution in [3.05, 3.63) is 124 Å². The van der Waals surface area contributed by atoms with E-state index in [1.807, 2.05) is 60.8 Å². The minimum absolute atomic E-state index is 0.194. The van der Waals surface area contributed by atoms with E-state index in [9.17, 15) is 0 Å². The number of halogens is 2. The fraction of sp³-hybridized carbons (Fsp3) is 0.138. The number of pyridine rings is 1. The summed E-state index contributed by atoms with van der Waals surface area (Å²) in [5.74, 6) is 0. The average Bonchev–Trinajstić information content (AvgIpc) is 2.87. The fourth-order valence-electron chi connectivity index (χ4n) is 3.51. The molecular weight excluding hydrogens is 517 g/mol. The molecular formula is C29H27Cl2FeN3. The van der Waals surface area contributed by atoms with Crippen LogP contribution in [0.15, 0.2) is 94.9 Å². The van der Waals surface area contributed by atoms with Gasteiger partial charge in [0.25, 0.3) is 0 Å². The first kappa shape index (κ1) is 26.8. The van der Waals surface area contributed by atoms with E-state index in [4.69, 9.17) is 35.2 Å². The Hall–Kier alpha value is -2.75. The molecule has 0 saturated heterocycles. The van der Waals surface area contributed by atoms with Gasteiger partial charge < -0.3 is 0 Å². The Morgan fingerprint density at radius 1 is 0.714 bits per heavy atom. The van der Waals surface area contributed by atoms with E-state index in [0.29, 0.717) is 0 Å². The van der Waals surface area contributed by atoms with Gasteiger partial charge in [0.1, 0.15) is 0 Å². The van der Waals surface area contributed by atoms with E-state index in [1.165, 1.54) is 22.3 Å². The van der Waals surface area contributed by atoms with Gasteiger partial charge in [0, 0.05) is 5.56 Å². The summed E-state index contributed by atoms with van der Waals surface area (Å²) < 4.78 is 0. The topological polar surface area (TPSA) is 37.6 Å². The number of benzene rings is 3. The summed E-state index contributed by atoms with van der Waals surface area (Å²) in [5, 5.41) is 0. The van der Waals surface area contributed by atoms with E-state index in [0.717, 1.165) is 34.0 Å². The van der Waals surface area contributed by atoms with Crippen molar-refractivity contribution in [2.75, 3.05) is 0 Å². The van der Waals surface area contributed by atoms with Crippen molar-refractivity contribution in [1.82, 2.24) is 4.98 Å². The standard InChI is InChI=1S/C29H27N3.2ClH.Fe/c1-20-11-8-16-26(22(20)3)30-19-25-15-10-18-28(31-25)29(24-13-6-5-7-14-24)32-27-17-9-12-21(2)23(27)4;;;/h5-19H,1-4H3;2*1H;/q;;;+2/p-2. The van der Waals surface area contributed by atoms with E-state index < -0.39 is 0 Å². The third-order valence-electron chi connectivity index (χ3n) is 5.78. The van der Waals surface area contributed by atoms with Crippen LogP contribution in [-0.4, -0.2) is 16.9 Å². The van der Waals surface area contributed by atoms with Crippen molar-refractivity contribution in [3.63, 3.8) is 0 Å². The Kier molecular flexibility index (Phi) is 10.3. The molecule has 0 spiro atoms. The molecule has 0 radical (unpaired) electrons. The molecule has 3 nitrogen and oxygen atoms in total. The Labute approximate surface area is 222 Å². The van der Waals surface area contributed by atoms with Crippen LogP contribution in [0.4, 0.5) is 11.4 Å². The van der Waals surface area contributed by atoms with Crippen LogP contribution in [0, 0.1) is 27.7 Å². The molecule has 0 aliphatic heterocycles. The van der Waals surface area contributed by atoms with E-state index in [-0.39, 0.29) is 13.1 Å². The first-order valence-electron chi connectivity index (χ1n) is 11.1. The molecule has 3 aromatic carbocycles. The number of hydrogen-bond acceptors (Lipinski definition) is 3. The van der Waals surface area contributed by atoms with Crippen LogP contribution < -0.4 is 0 Å². The molecule has 0 saturated carbocycles. The molecule has 4 aromatic rings. The zero-order valence-corrected chi connectivity index (χ0v) is 22.7. The number of aliphatic imine (C=N–C) groups is 2. The van der Waals surface area contributed by atoms with Gasteiger partial charge in [-0.1, -0.05) is 60.7 Å². The maximum absolute atomic E-state index is 5.05. The van der Waals surface area contributed by atoms with E-state index in [1.54, 1.807) is 0 Å². The number of aryl methyl sites for hydroxylation is 2. The predicted octanol–water partition coefficient (Wildman–Crippen LogP) is 8.61. The molecule has 0 aliphatic rings. The van der Waals surface area contributed by atoms with Gasteiger partial charge in [-0.2, -0.15) is 0 Å². The van der Waals surface area contributed by atoms with Gasteiger partial charge in [0.2, 0.25) is 0 Å². The Bertz CT molecular complexity index is 1340. The van der Waals surface area contributed by atoms with Crippen molar-refractivity contribution >= 4 is 43.5 Å². The molecule has 0 amide bonds. The molecule has 4 rings (SSSR count). The second-order valence-electron chi connectivity index (χ2n) is 8.02. The molecule has 0 fully saturated rings. The van der Waals surface area contributed by atoms with Crippen LogP contribution in [0.1, 0.15) is 39.2 Å². The van der Waals surface area contributed by atoms with Crippen molar-refractivity contribution in [3.8, 4) is 0 Å². The molecule has 1 aromatic heterocycles. The molecule has 0 bridgehead atoms. The van der Waals surface area contributed by atoms with Gasteiger partial charge in [0.15, 0.2) is 0 Å². The number of rotatable bonds is 5. The first-order chi connectivity index (χ1) is 16.9. The molecule has 0 atom stereocenters. The third-order valence-corrected chi connectivity index (χ3v) is 5.78. The van der Waals surface area contributed by atoms with Crippen molar-refractivity contribution < 1.29 is 13.1 Å². The van der Waals surface area contributed by atoms with Gasteiger partial charge in [0.05, 0.1) is 34.7 Å². The van der Waals surface area contributed by atoms with Gasteiger partial charge in [-0.05, 0) is 74.2 Å². The number of aromatic nitrogens is 1. The third kappa shape index (κ3) is 7.36. The van der Waals surface area contributed by atoms with Gasteiger partial charge in [-0.25, -0.2) is 9.98 Å². The number of nitrogens with zero attached hydrogens (tertiary/aromatic N) is 3. The predicted molar refractivity (Wildman–Crippen MR) is 147 cm³/mol. The monoisotopic (exact) mass is 543 g/mol. The molecule has 0 N–H and O–H groups in total. The Balaban J connectivity index is 0.00000108. The van der Waals surface area contributed by atoms with Gasteiger partial charge in [-0.15, -0.1) is 0 Å². The van der Waals surface area contributed by atoms with Crippen molar-refractivity contribution in [2.45, 2.75) is 27.7 Å². The Morgan fingerprint density at radius 3 is 1.94 bits per heavy atom. The molecule has 6 heteroatoms. The summed E-state index contributed by atoms with van der Waals surface area (Å²) in [6, 6.07) is 28.6. The molecule has 35 heavy (non-hydrogen) atoms. The quantitative estimate of drug-likeness (QED) is 0.183. The summed E-state index contributed by atoms with van der Waals surface area (Å²) in [5.41, 5.74) is 10.2. The summed E-state index contributed by atoms with van der Waals surface area (Å²) in [4.78, 5) is 14.6.